The lowest BCUT2D eigenvalue weighted by Crippen LogP contribution is -2.30. The van der Waals surface area contributed by atoms with E-state index in [1.165, 1.54) is 51.4 Å². The lowest BCUT2D eigenvalue weighted by Gasteiger charge is -2.18. The van der Waals surface area contributed by atoms with E-state index in [0.717, 1.165) is 64.2 Å². The SMILES string of the molecule is CC/C=C\C/C=C\C/C=C\C/C=C\CCC(=O)OCC(COC(=O)CCCCCCCC)OC(=O)CCCCCCCCCC. The zero-order valence-electron chi connectivity index (χ0n) is 29.1. The van der Waals surface area contributed by atoms with Gasteiger partial charge in [0.25, 0.3) is 0 Å². The van der Waals surface area contributed by atoms with E-state index in [1.54, 1.807) is 0 Å². The minimum absolute atomic E-state index is 0.0953. The van der Waals surface area contributed by atoms with Gasteiger partial charge in [0.05, 0.1) is 0 Å². The minimum Gasteiger partial charge on any atom is -0.462 e. The van der Waals surface area contributed by atoms with Crippen LogP contribution in [0.3, 0.4) is 0 Å². The summed E-state index contributed by atoms with van der Waals surface area (Å²) in [6, 6.07) is 0. The van der Waals surface area contributed by atoms with E-state index in [0.29, 0.717) is 19.3 Å². The van der Waals surface area contributed by atoms with Crippen LogP contribution in [0, 0.1) is 0 Å². The first kappa shape index (κ1) is 42.4. The summed E-state index contributed by atoms with van der Waals surface area (Å²) in [5, 5.41) is 0. The molecule has 0 aromatic carbocycles. The van der Waals surface area contributed by atoms with E-state index >= 15 is 0 Å². The van der Waals surface area contributed by atoms with Crippen molar-refractivity contribution in [1.82, 2.24) is 0 Å². The van der Waals surface area contributed by atoms with Crippen LogP contribution >= 0.6 is 0 Å². The maximum absolute atomic E-state index is 12.5. The molecule has 6 heteroatoms. The second-order valence-corrected chi connectivity index (χ2v) is 11.8. The third-order valence-corrected chi connectivity index (χ3v) is 7.36. The van der Waals surface area contributed by atoms with Crippen molar-refractivity contribution >= 4 is 17.9 Å². The highest BCUT2D eigenvalue weighted by atomic mass is 16.6. The summed E-state index contributed by atoms with van der Waals surface area (Å²) in [5.41, 5.74) is 0. The first-order chi connectivity index (χ1) is 22.0. The number of ether oxygens (including phenoxy) is 3. The highest BCUT2D eigenvalue weighted by Gasteiger charge is 2.19. The van der Waals surface area contributed by atoms with Crippen LogP contribution in [0.5, 0.6) is 0 Å². The summed E-state index contributed by atoms with van der Waals surface area (Å²) in [6.45, 7) is 6.32. The summed E-state index contributed by atoms with van der Waals surface area (Å²) in [7, 11) is 0. The van der Waals surface area contributed by atoms with Gasteiger partial charge in [-0.1, -0.05) is 146 Å². The average molecular weight is 631 g/mol. The van der Waals surface area contributed by atoms with E-state index in [9.17, 15) is 14.4 Å². The van der Waals surface area contributed by atoms with Crippen LogP contribution in [0.2, 0.25) is 0 Å². The molecule has 0 rings (SSSR count). The molecule has 0 spiro atoms. The number of carbonyl (C=O) groups excluding carboxylic acids is 3. The van der Waals surface area contributed by atoms with Crippen LogP contribution < -0.4 is 0 Å². The van der Waals surface area contributed by atoms with E-state index in [4.69, 9.17) is 14.2 Å². The van der Waals surface area contributed by atoms with Gasteiger partial charge in [0.15, 0.2) is 6.10 Å². The van der Waals surface area contributed by atoms with Gasteiger partial charge in [-0.15, -0.1) is 0 Å². The molecule has 6 nitrogen and oxygen atoms in total. The van der Waals surface area contributed by atoms with Gasteiger partial charge in [-0.2, -0.15) is 0 Å². The fraction of sp³-hybridized carbons (Fsp3) is 0.718. The van der Waals surface area contributed by atoms with E-state index in [2.05, 4.69) is 57.2 Å². The number of allylic oxidation sites excluding steroid dienone is 8. The maximum atomic E-state index is 12.5. The molecule has 45 heavy (non-hydrogen) atoms. The van der Waals surface area contributed by atoms with Crippen molar-refractivity contribution in [1.29, 1.82) is 0 Å². The highest BCUT2D eigenvalue weighted by molar-refractivity contribution is 5.71. The third-order valence-electron chi connectivity index (χ3n) is 7.36. The summed E-state index contributed by atoms with van der Waals surface area (Å²) in [4.78, 5) is 37.1. The molecular weight excluding hydrogens is 564 g/mol. The predicted octanol–water partition coefficient (Wildman–Crippen LogP) is 10.9. The summed E-state index contributed by atoms with van der Waals surface area (Å²) in [6.07, 6.45) is 37.0. The summed E-state index contributed by atoms with van der Waals surface area (Å²) >= 11 is 0. The Morgan fingerprint density at radius 1 is 0.467 bits per heavy atom. The Hall–Kier alpha value is -2.63. The lowest BCUT2D eigenvalue weighted by atomic mass is 10.1. The molecule has 0 aliphatic rings. The van der Waals surface area contributed by atoms with Gasteiger partial charge >= 0.3 is 17.9 Å². The number of esters is 3. The first-order valence-corrected chi connectivity index (χ1v) is 18.1. The molecule has 0 heterocycles. The Morgan fingerprint density at radius 3 is 1.36 bits per heavy atom. The van der Waals surface area contributed by atoms with Crippen molar-refractivity contribution in [3.63, 3.8) is 0 Å². The van der Waals surface area contributed by atoms with E-state index < -0.39 is 6.10 Å². The van der Waals surface area contributed by atoms with E-state index in [1.807, 2.05) is 12.2 Å². The van der Waals surface area contributed by atoms with Crippen LogP contribution in [0.4, 0.5) is 0 Å². The van der Waals surface area contributed by atoms with E-state index in [-0.39, 0.29) is 37.5 Å². The molecule has 1 atom stereocenters. The molecule has 0 fully saturated rings. The van der Waals surface area contributed by atoms with Crippen LogP contribution in [0.25, 0.3) is 0 Å². The number of unbranched alkanes of at least 4 members (excludes halogenated alkanes) is 12. The molecule has 258 valence electrons. The molecule has 0 amide bonds. The van der Waals surface area contributed by atoms with Crippen molar-refractivity contribution in [2.45, 2.75) is 168 Å². The molecule has 0 aromatic rings. The predicted molar refractivity (Wildman–Crippen MR) is 187 cm³/mol. The topological polar surface area (TPSA) is 78.9 Å². The van der Waals surface area contributed by atoms with Crippen LogP contribution in [-0.4, -0.2) is 37.2 Å². The zero-order valence-corrected chi connectivity index (χ0v) is 29.1. The van der Waals surface area contributed by atoms with Crippen molar-refractivity contribution in [2.24, 2.45) is 0 Å². The molecule has 0 radical (unpaired) electrons. The van der Waals surface area contributed by atoms with Crippen molar-refractivity contribution in [3.05, 3.63) is 48.6 Å². The van der Waals surface area contributed by atoms with Gasteiger partial charge in [-0.25, -0.2) is 0 Å². The Labute approximate surface area is 276 Å². The summed E-state index contributed by atoms with van der Waals surface area (Å²) in [5.74, 6) is -1.01. The smallest absolute Gasteiger partial charge is 0.306 e. The van der Waals surface area contributed by atoms with Gasteiger partial charge < -0.3 is 14.2 Å². The number of rotatable bonds is 31. The molecule has 0 saturated carbocycles. The molecule has 0 saturated heterocycles. The summed E-state index contributed by atoms with van der Waals surface area (Å²) < 4.78 is 16.4. The van der Waals surface area contributed by atoms with Crippen LogP contribution in [0.15, 0.2) is 48.6 Å². The number of carbonyl (C=O) groups is 3. The Morgan fingerprint density at radius 2 is 0.867 bits per heavy atom. The first-order valence-electron chi connectivity index (χ1n) is 18.1. The molecule has 0 aliphatic carbocycles. The van der Waals surface area contributed by atoms with Crippen LogP contribution in [0.1, 0.15) is 162 Å². The molecule has 0 aliphatic heterocycles. The fourth-order valence-corrected chi connectivity index (χ4v) is 4.63. The lowest BCUT2D eigenvalue weighted by molar-refractivity contribution is -0.166. The number of hydrogen-bond acceptors (Lipinski definition) is 6. The van der Waals surface area contributed by atoms with Gasteiger partial charge in [-0.3, -0.25) is 14.4 Å². The zero-order chi connectivity index (χ0) is 33.1. The van der Waals surface area contributed by atoms with Gasteiger partial charge in [0.1, 0.15) is 13.2 Å². The molecule has 0 bridgehead atoms. The number of hydrogen-bond donors (Lipinski definition) is 0. The highest BCUT2D eigenvalue weighted by Crippen LogP contribution is 2.12. The minimum atomic E-state index is -0.790. The molecular formula is C39H66O6. The maximum Gasteiger partial charge on any atom is 0.306 e. The standard InChI is InChI=1S/C39H66O6/c1-4-7-10-13-16-18-19-20-21-22-24-26-29-32-38(41)44-35-36(34-43-37(40)31-28-25-15-12-9-6-3)45-39(42)33-30-27-23-17-14-11-8-5-2/h7,10,16,18,20-21,24,26,36H,4-6,8-9,11-15,17,19,22-23,25,27-35H2,1-3H3/b10-7-,18-16-,21-20-,26-24-. The van der Waals surface area contributed by atoms with Crippen molar-refractivity contribution < 1.29 is 28.6 Å². The van der Waals surface area contributed by atoms with Crippen LogP contribution in [-0.2, 0) is 28.6 Å². The normalized spacial score (nSPS) is 12.5. The quantitative estimate of drug-likeness (QED) is 0.0328. The Balaban J connectivity index is 4.45. The molecule has 0 aromatic heterocycles. The monoisotopic (exact) mass is 630 g/mol. The third kappa shape index (κ3) is 32.6. The average Bonchev–Trinajstić information content (AvgIpc) is 3.03. The molecule has 1 unspecified atom stereocenters. The van der Waals surface area contributed by atoms with Gasteiger partial charge in [0.2, 0.25) is 0 Å². The van der Waals surface area contributed by atoms with Gasteiger partial charge in [0, 0.05) is 19.3 Å². The largest absolute Gasteiger partial charge is 0.462 e. The second-order valence-electron chi connectivity index (χ2n) is 11.8. The Bertz CT molecular complexity index is 825. The fourth-order valence-electron chi connectivity index (χ4n) is 4.63. The Kier molecular flexibility index (Phi) is 32.2. The van der Waals surface area contributed by atoms with Crippen molar-refractivity contribution in [3.8, 4) is 0 Å². The second kappa shape index (κ2) is 34.2. The molecule has 0 N–H and O–H groups in total. The van der Waals surface area contributed by atoms with Gasteiger partial charge in [-0.05, 0) is 44.9 Å². The van der Waals surface area contributed by atoms with Crippen molar-refractivity contribution in [2.75, 3.05) is 13.2 Å².